The molecule has 0 amide bonds. The lowest BCUT2D eigenvalue weighted by Gasteiger charge is -2.52. The largest absolute Gasteiger partial charge is 0.411 e. The standard InChI is InChI=1S/C10H14ClNO/c11-9-6-1-5-2-7(4-6)10(12-13)8(9)3-5/h5-9,13H,1-4H2/b12-10-/t5-,6+,7-,8+,9?/m1/s1. The molecule has 4 aliphatic rings. The summed E-state index contributed by atoms with van der Waals surface area (Å²) >= 11 is 6.35. The van der Waals surface area contributed by atoms with E-state index >= 15 is 0 Å². The maximum atomic E-state index is 8.95. The highest BCUT2D eigenvalue weighted by Crippen LogP contribution is 2.54. The van der Waals surface area contributed by atoms with Crippen LogP contribution in [0.15, 0.2) is 5.16 Å². The molecule has 5 atom stereocenters. The molecular formula is C10H14ClNO. The monoisotopic (exact) mass is 199 g/mol. The summed E-state index contributed by atoms with van der Waals surface area (Å²) in [7, 11) is 0. The summed E-state index contributed by atoms with van der Waals surface area (Å²) in [5.74, 6) is 2.52. The molecule has 0 spiro atoms. The van der Waals surface area contributed by atoms with E-state index in [-0.39, 0.29) is 5.38 Å². The van der Waals surface area contributed by atoms with Crippen molar-refractivity contribution in [2.24, 2.45) is 28.8 Å². The Hall–Kier alpha value is -0.240. The van der Waals surface area contributed by atoms with Crippen molar-refractivity contribution in [1.29, 1.82) is 0 Å². The molecule has 0 aromatic heterocycles. The molecule has 4 aliphatic carbocycles. The van der Waals surface area contributed by atoms with E-state index in [0.717, 1.165) is 11.6 Å². The van der Waals surface area contributed by atoms with Gasteiger partial charge in [-0.15, -0.1) is 11.6 Å². The van der Waals surface area contributed by atoms with Crippen LogP contribution in [0.3, 0.4) is 0 Å². The molecule has 1 unspecified atom stereocenters. The highest BCUT2D eigenvalue weighted by Gasteiger charge is 2.51. The summed E-state index contributed by atoms with van der Waals surface area (Å²) in [6.07, 6.45) is 4.90. The van der Waals surface area contributed by atoms with Crippen molar-refractivity contribution in [3.8, 4) is 0 Å². The highest BCUT2D eigenvalue weighted by atomic mass is 35.5. The Balaban J connectivity index is 1.98. The van der Waals surface area contributed by atoms with Crippen LogP contribution in [0.25, 0.3) is 0 Å². The van der Waals surface area contributed by atoms with Gasteiger partial charge >= 0.3 is 0 Å². The zero-order chi connectivity index (χ0) is 9.00. The molecule has 0 aromatic carbocycles. The molecule has 0 radical (unpaired) electrons. The average Bonchev–Trinajstić information content (AvgIpc) is 2.13. The second-order valence-electron chi connectivity index (χ2n) is 4.84. The van der Waals surface area contributed by atoms with Gasteiger partial charge in [0.2, 0.25) is 0 Å². The van der Waals surface area contributed by atoms with E-state index in [4.69, 9.17) is 16.8 Å². The smallest absolute Gasteiger partial charge is 0.0647 e. The minimum atomic E-state index is 0.249. The second kappa shape index (κ2) is 2.63. The summed E-state index contributed by atoms with van der Waals surface area (Å²) in [6, 6.07) is 0. The molecule has 2 nitrogen and oxygen atoms in total. The van der Waals surface area contributed by atoms with Crippen molar-refractivity contribution in [2.45, 2.75) is 31.1 Å². The first-order chi connectivity index (χ1) is 6.29. The van der Waals surface area contributed by atoms with Crippen LogP contribution in [0, 0.1) is 23.7 Å². The topological polar surface area (TPSA) is 32.6 Å². The van der Waals surface area contributed by atoms with Gasteiger partial charge in [0.05, 0.1) is 5.71 Å². The van der Waals surface area contributed by atoms with Gasteiger partial charge in [-0.2, -0.15) is 0 Å². The van der Waals surface area contributed by atoms with Crippen molar-refractivity contribution in [1.82, 2.24) is 0 Å². The number of hydrogen-bond acceptors (Lipinski definition) is 2. The minimum absolute atomic E-state index is 0.249. The molecule has 0 saturated heterocycles. The van der Waals surface area contributed by atoms with Crippen LogP contribution in [0.4, 0.5) is 0 Å². The number of rotatable bonds is 0. The summed E-state index contributed by atoms with van der Waals surface area (Å²) in [5.41, 5.74) is 1.01. The van der Waals surface area contributed by atoms with Crippen molar-refractivity contribution >= 4 is 17.3 Å². The fourth-order valence-electron chi connectivity index (χ4n) is 3.74. The minimum Gasteiger partial charge on any atom is -0.411 e. The second-order valence-corrected chi connectivity index (χ2v) is 5.35. The maximum Gasteiger partial charge on any atom is 0.0647 e. The Morgan fingerprint density at radius 2 is 2.08 bits per heavy atom. The van der Waals surface area contributed by atoms with Crippen molar-refractivity contribution in [3.05, 3.63) is 0 Å². The van der Waals surface area contributed by atoms with E-state index in [1.54, 1.807) is 0 Å². The number of alkyl halides is 1. The summed E-state index contributed by atoms with van der Waals surface area (Å²) in [6.45, 7) is 0. The fourth-order valence-corrected chi connectivity index (χ4v) is 4.18. The summed E-state index contributed by atoms with van der Waals surface area (Å²) in [5, 5.41) is 12.7. The normalized spacial score (nSPS) is 56.1. The molecule has 0 heterocycles. The zero-order valence-electron chi connectivity index (χ0n) is 7.49. The Morgan fingerprint density at radius 1 is 1.23 bits per heavy atom. The lowest BCUT2D eigenvalue weighted by molar-refractivity contribution is 0.107. The Kier molecular flexibility index (Phi) is 1.64. The molecular weight excluding hydrogens is 186 g/mol. The molecule has 72 valence electrons. The zero-order valence-corrected chi connectivity index (χ0v) is 8.24. The summed E-state index contributed by atoms with van der Waals surface area (Å²) < 4.78 is 0. The van der Waals surface area contributed by atoms with Gasteiger partial charge in [-0.3, -0.25) is 0 Å². The molecule has 3 heteroatoms. The van der Waals surface area contributed by atoms with Gasteiger partial charge in [-0.05, 0) is 37.5 Å². The van der Waals surface area contributed by atoms with Crippen LogP contribution in [-0.4, -0.2) is 16.3 Å². The Bertz CT molecular complexity index is 266. The molecule has 0 aliphatic heterocycles. The average molecular weight is 200 g/mol. The first-order valence-electron chi connectivity index (χ1n) is 5.15. The third-order valence-corrected chi connectivity index (χ3v) is 4.84. The van der Waals surface area contributed by atoms with E-state index in [1.807, 2.05) is 0 Å². The Labute approximate surface area is 83.0 Å². The van der Waals surface area contributed by atoms with E-state index in [2.05, 4.69) is 5.16 Å². The lowest BCUT2D eigenvalue weighted by Crippen LogP contribution is -2.52. The fraction of sp³-hybridized carbons (Fsp3) is 0.900. The quantitative estimate of drug-likeness (QED) is 0.363. The van der Waals surface area contributed by atoms with E-state index in [0.29, 0.717) is 17.8 Å². The highest BCUT2D eigenvalue weighted by molar-refractivity contribution is 6.23. The van der Waals surface area contributed by atoms with Crippen LogP contribution in [0.5, 0.6) is 0 Å². The van der Waals surface area contributed by atoms with Gasteiger partial charge in [0.25, 0.3) is 0 Å². The van der Waals surface area contributed by atoms with Crippen LogP contribution < -0.4 is 0 Å². The van der Waals surface area contributed by atoms with Crippen LogP contribution >= 0.6 is 11.6 Å². The predicted octanol–water partition coefficient (Wildman–Crippen LogP) is 2.49. The van der Waals surface area contributed by atoms with Crippen molar-refractivity contribution in [2.75, 3.05) is 0 Å². The first-order valence-corrected chi connectivity index (χ1v) is 5.59. The number of nitrogens with zero attached hydrogens (tertiary/aromatic N) is 1. The van der Waals surface area contributed by atoms with Crippen LogP contribution in [-0.2, 0) is 0 Å². The molecule has 4 saturated carbocycles. The van der Waals surface area contributed by atoms with E-state index < -0.39 is 0 Å². The lowest BCUT2D eigenvalue weighted by atomic mass is 9.55. The van der Waals surface area contributed by atoms with Crippen molar-refractivity contribution < 1.29 is 5.21 Å². The number of hydrogen-bond donors (Lipinski definition) is 1. The molecule has 0 aromatic rings. The van der Waals surface area contributed by atoms with Gasteiger partial charge in [-0.1, -0.05) is 5.16 Å². The third-order valence-electron chi connectivity index (χ3n) is 4.18. The van der Waals surface area contributed by atoms with E-state index in [9.17, 15) is 0 Å². The van der Waals surface area contributed by atoms with Crippen molar-refractivity contribution in [3.63, 3.8) is 0 Å². The molecule has 4 fully saturated rings. The predicted molar refractivity (Wildman–Crippen MR) is 51.3 cm³/mol. The van der Waals surface area contributed by atoms with Gasteiger partial charge in [0, 0.05) is 17.2 Å². The van der Waals surface area contributed by atoms with E-state index in [1.165, 1.54) is 25.7 Å². The van der Waals surface area contributed by atoms with Gasteiger partial charge in [-0.25, -0.2) is 0 Å². The van der Waals surface area contributed by atoms with Gasteiger partial charge in [0.1, 0.15) is 0 Å². The molecule has 1 N–H and O–H groups in total. The number of oxime groups is 1. The Morgan fingerprint density at radius 3 is 2.85 bits per heavy atom. The third kappa shape index (κ3) is 0.983. The molecule has 4 bridgehead atoms. The maximum absolute atomic E-state index is 8.95. The first kappa shape index (κ1) is 8.10. The summed E-state index contributed by atoms with van der Waals surface area (Å²) in [4.78, 5) is 0. The van der Waals surface area contributed by atoms with Crippen LogP contribution in [0.2, 0.25) is 0 Å². The SMILES string of the molecule is O/N=C1/[C@@H]2C[C@H]3C[C@@H](C2)C(Cl)[C@@H]1C3. The molecule has 4 rings (SSSR count). The number of halogens is 1. The van der Waals surface area contributed by atoms with Crippen LogP contribution in [0.1, 0.15) is 25.7 Å². The van der Waals surface area contributed by atoms with Gasteiger partial charge < -0.3 is 5.21 Å². The van der Waals surface area contributed by atoms with Gasteiger partial charge in [0.15, 0.2) is 0 Å². The molecule has 13 heavy (non-hydrogen) atoms.